The molecule has 1 aromatic carbocycles. The highest BCUT2D eigenvalue weighted by Crippen LogP contribution is 2.40. The zero-order valence-electron chi connectivity index (χ0n) is 16.1. The molecule has 1 aliphatic heterocycles. The summed E-state index contributed by atoms with van der Waals surface area (Å²) in [6.07, 6.45) is 3.29. The van der Waals surface area contributed by atoms with Gasteiger partial charge in [0.25, 0.3) is 0 Å². The standard InChI is InChI=1S/C22H21N3O2S2/c1-13-9-16-10-15(6-7-19(16)25(13)21(27)14-4-5-14)18-12-29-22(23-18)24-20(26)11-17-3-2-8-28-17/h2-3,6-8,10,12-14H,4-5,9,11H2,1H3,(H,23,24,26)/t13-/m0/s1. The lowest BCUT2D eigenvalue weighted by Gasteiger charge is -2.22. The van der Waals surface area contributed by atoms with Crippen LogP contribution in [0.25, 0.3) is 11.3 Å². The number of carbonyl (C=O) groups excluding carboxylic acids is 2. The third kappa shape index (κ3) is 3.72. The van der Waals surface area contributed by atoms with Gasteiger partial charge in [0.1, 0.15) is 0 Å². The fraction of sp³-hybridized carbons (Fsp3) is 0.318. The average molecular weight is 424 g/mol. The molecule has 0 radical (unpaired) electrons. The zero-order valence-corrected chi connectivity index (χ0v) is 17.7. The first-order chi connectivity index (χ1) is 14.1. The van der Waals surface area contributed by atoms with E-state index in [2.05, 4.69) is 23.3 Å². The number of rotatable bonds is 5. The summed E-state index contributed by atoms with van der Waals surface area (Å²) in [7, 11) is 0. The summed E-state index contributed by atoms with van der Waals surface area (Å²) >= 11 is 3.01. The molecule has 5 rings (SSSR count). The molecule has 0 saturated heterocycles. The summed E-state index contributed by atoms with van der Waals surface area (Å²) in [6, 6.07) is 10.3. The number of hydrogen-bond acceptors (Lipinski definition) is 5. The third-order valence-corrected chi connectivity index (χ3v) is 7.05. The first-order valence-corrected chi connectivity index (χ1v) is 11.6. The number of nitrogens with zero attached hydrogens (tertiary/aromatic N) is 2. The molecule has 0 spiro atoms. The zero-order chi connectivity index (χ0) is 20.0. The molecule has 1 aliphatic carbocycles. The SMILES string of the molecule is C[C@H]1Cc2cc(-c3csc(NC(=O)Cc4cccs4)n3)ccc2N1C(=O)C1CC1. The largest absolute Gasteiger partial charge is 0.309 e. The van der Waals surface area contributed by atoms with Crippen molar-refractivity contribution in [2.75, 3.05) is 10.2 Å². The van der Waals surface area contributed by atoms with E-state index in [0.717, 1.165) is 41.1 Å². The highest BCUT2D eigenvalue weighted by molar-refractivity contribution is 7.14. The minimum Gasteiger partial charge on any atom is -0.309 e. The maximum Gasteiger partial charge on any atom is 0.231 e. The Kier molecular flexibility index (Phi) is 4.72. The van der Waals surface area contributed by atoms with Gasteiger partial charge in [-0.1, -0.05) is 12.1 Å². The van der Waals surface area contributed by atoms with Crippen LogP contribution in [-0.2, 0) is 22.4 Å². The number of nitrogens with one attached hydrogen (secondary N) is 1. The van der Waals surface area contributed by atoms with Crippen molar-refractivity contribution in [3.05, 3.63) is 51.5 Å². The van der Waals surface area contributed by atoms with Crippen molar-refractivity contribution < 1.29 is 9.59 Å². The van der Waals surface area contributed by atoms with Crippen LogP contribution in [0.2, 0.25) is 0 Å². The number of anilines is 2. The maximum atomic E-state index is 12.6. The Balaban J connectivity index is 1.32. The van der Waals surface area contributed by atoms with E-state index in [1.54, 1.807) is 11.3 Å². The Labute approximate surface area is 177 Å². The van der Waals surface area contributed by atoms with Crippen LogP contribution >= 0.6 is 22.7 Å². The van der Waals surface area contributed by atoms with Gasteiger partial charge < -0.3 is 10.2 Å². The summed E-state index contributed by atoms with van der Waals surface area (Å²) in [5, 5.41) is 7.44. The van der Waals surface area contributed by atoms with Crippen molar-refractivity contribution in [1.29, 1.82) is 0 Å². The number of thiophene rings is 1. The van der Waals surface area contributed by atoms with Gasteiger partial charge in [-0.3, -0.25) is 9.59 Å². The van der Waals surface area contributed by atoms with Gasteiger partial charge in [-0.05, 0) is 55.3 Å². The first-order valence-electron chi connectivity index (χ1n) is 9.82. The van der Waals surface area contributed by atoms with Gasteiger partial charge in [0, 0.05) is 33.5 Å². The molecule has 29 heavy (non-hydrogen) atoms. The monoisotopic (exact) mass is 423 g/mol. The Hall–Kier alpha value is -2.51. The van der Waals surface area contributed by atoms with Crippen molar-refractivity contribution in [1.82, 2.24) is 4.98 Å². The topological polar surface area (TPSA) is 62.3 Å². The molecule has 2 aliphatic rings. The van der Waals surface area contributed by atoms with E-state index in [-0.39, 0.29) is 23.8 Å². The normalized spacial score (nSPS) is 18.0. The Morgan fingerprint density at radius 2 is 2.10 bits per heavy atom. The lowest BCUT2D eigenvalue weighted by molar-refractivity contribution is -0.120. The Morgan fingerprint density at radius 3 is 2.86 bits per heavy atom. The molecule has 5 nitrogen and oxygen atoms in total. The van der Waals surface area contributed by atoms with Crippen LogP contribution in [0.5, 0.6) is 0 Å². The van der Waals surface area contributed by atoms with E-state index in [9.17, 15) is 9.59 Å². The quantitative estimate of drug-likeness (QED) is 0.645. The lowest BCUT2D eigenvalue weighted by atomic mass is 10.1. The number of amides is 2. The summed E-state index contributed by atoms with van der Waals surface area (Å²) in [5.74, 6) is 0.445. The van der Waals surface area contributed by atoms with Crippen molar-refractivity contribution in [3.8, 4) is 11.3 Å². The molecule has 1 fully saturated rings. The third-order valence-electron chi connectivity index (χ3n) is 5.42. The lowest BCUT2D eigenvalue weighted by Crippen LogP contribution is -2.36. The summed E-state index contributed by atoms with van der Waals surface area (Å²) in [6.45, 7) is 2.12. The van der Waals surface area contributed by atoms with Crippen molar-refractivity contribution >= 4 is 45.3 Å². The van der Waals surface area contributed by atoms with Crippen molar-refractivity contribution in [2.45, 2.75) is 38.6 Å². The average Bonchev–Trinajstić information content (AvgIpc) is 3.07. The van der Waals surface area contributed by atoms with Gasteiger partial charge in [-0.25, -0.2) is 4.98 Å². The van der Waals surface area contributed by atoms with Gasteiger partial charge in [0.15, 0.2) is 5.13 Å². The van der Waals surface area contributed by atoms with Gasteiger partial charge >= 0.3 is 0 Å². The fourth-order valence-corrected chi connectivity index (χ4v) is 5.29. The van der Waals surface area contributed by atoms with Crippen LogP contribution in [0.1, 0.15) is 30.2 Å². The second-order valence-corrected chi connectivity index (χ2v) is 9.61. The summed E-state index contributed by atoms with van der Waals surface area (Å²) in [4.78, 5) is 32.4. The predicted octanol–water partition coefficient (Wildman–Crippen LogP) is 4.74. The van der Waals surface area contributed by atoms with Crippen LogP contribution in [0.4, 0.5) is 10.8 Å². The van der Waals surface area contributed by atoms with E-state index in [4.69, 9.17) is 0 Å². The van der Waals surface area contributed by atoms with Gasteiger partial charge in [-0.2, -0.15) is 0 Å². The molecule has 0 bridgehead atoms. The maximum absolute atomic E-state index is 12.6. The molecule has 2 amide bonds. The van der Waals surface area contributed by atoms with Gasteiger partial charge in [0.2, 0.25) is 11.8 Å². The van der Waals surface area contributed by atoms with Crippen molar-refractivity contribution in [3.63, 3.8) is 0 Å². The Morgan fingerprint density at radius 1 is 1.24 bits per heavy atom. The highest BCUT2D eigenvalue weighted by Gasteiger charge is 2.39. The van der Waals surface area contributed by atoms with E-state index in [1.807, 2.05) is 39.9 Å². The van der Waals surface area contributed by atoms with Crippen LogP contribution in [0, 0.1) is 5.92 Å². The van der Waals surface area contributed by atoms with Crippen LogP contribution < -0.4 is 10.2 Å². The number of fused-ring (bicyclic) bond motifs is 1. The minimum atomic E-state index is -0.0506. The molecule has 0 unspecified atom stereocenters. The van der Waals surface area contributed by atoms with E-state index in [1.165, 1.54) is 16.9 Å². The minimum absolute atomic E-state index is 0.0506. The summed E-state index contributed by atoms with van der Waals surface area (Å²) in [5.41, 5.74) is 4.11. The number of hydrogen-bond donors (Lipinski definition) is 1. The molecule has 3 aromatic rings. The molecule has 3 heterocycles. The molecule has 1 saturated carbocycles. The van der Waals surface area contributed by atoms with E-state index in [0.29, 0.717) is 11.6 Å². The number of benzene rings is 1. The first kappa shape index (κ1) is 18.5. The van der Waals surface area contributed by atoms with Gasteiger partial charge in [-0.15, -0.1) is 22.7 Å². The molecule has 1 N–H and O–H groups in total. The second kappa shape index (κ2) is 7.39. The Bertz CT molecular complexity index is 1070. The number of thiazole rings is 1. The van der Waals surface area contributed by atoms with Crippen LogP contribution in [0.15, 0.2) is 41.1 Å². The molecule has 1 atom stereocenters. The molecule has 2 aromatic heterocycles. The molecular formula is C22H21N3O2S2. The smallest absolute Gasteiger partial charge is 0.231 e. The van der Waals surface area contributed by atoms with E-state index >= 15 is 0 Å². The predicted molar refractivity (Wildman–Crippen MR) is 118 cm³/mol. The molecular weight excluding hydrogens is 402 g/mol. The molecule has 7 heteroatoms. The molecule has 148 valence electrons. The fourth-order valence-electron chi connectivity index (χ4n) is 3.85. The van der Waals surface area contributed by atoms with Crippen LogP contribution in [0.3, 0.4) is 0 Å². The number of carbonyl (C=O) groups is 2. The van der Waals surface area contributed by atoms with E-state index < -0.39 is 0 Å². The summed E-state index contributed by atoms with van der Waals surface area (Å²) < 4.78 is 0. The van der Waals surface area contributed by atoms with Crippen molar-refractivity contribution in [2.24, 2.45) is 5.92 Å². The van der Waals surface area contributed by atoms with Crippen LogP contribution in [-0.4, -0.2) is 22.8 Å². The number of aromatic nitrogens is 1. The van der Waals surface area contributed by atoms with Gasteiger partial charge in [0.05, 0.1) is 12.1 Å². The highest BCUT2D eigenvalue weighted by atomic mass is 32.1. The second-order valence-electron chi connectivity index (χ2n) is 7.72.